The molecule has 4 N–H and O–H groups in total. The number of hydrogen-bond donors (Lipinski definition) is 4. The van der Waals surface area contributed by atoms with Crippen LogP contribution in [0.1, 0.15) is 80.6 Å². The molecule has 1 aliphatic heterocycles. The van der Waals surface area contributed by atoms with Gasteiger partial charge >= 0.3 is 6.09 Å². The maximum absolute atomic E-state index is 13.8. The van der Waals surface area contributed by atoms with Gasteiger partial charge in [0, 0.05) is 29.9 Å². The number of hydrogen-bond acceptors (Lipinski definition) is 11. The third-order valence-corrected chi connectivity index (χ3v) is 13.1. The van der Waals surface area contributed by atoms with Crippen LogP contribution in [0.4, 0.5) is 4.79 Å². The summed E-state index contributed by atoms with van der Waals surface area (Å²) in [7, 11) is 4.24. The Labute approximate surface area is 266 Å². The molecule has 246 valence electrons. The molecule has 1 fully saturated rings. The quantitative estimate of drug-likeness (QED) is 0.0844. The van der Waals surface area contributed by atoms with Gasteiger partial charge in [0.05, 0.1) is 10.9 Å². The molecule has 4 atom stereocenters. The number of nitrogens with one attached hydrogen (secondary N) is 3. The minimum absolute atomic E-state index is 0.0224. The van der Waals surface area contributed by atoms with E-state index in [2.05, 4.69) is 31.6 Å². The number of hydroxylamine groups is 2. The molecule has 13 nitrogen and oxygen atoms in total. The molecule has 0 aromatic heterocycles. The van der Waals surface area contributed by atoms with Gasteiger partial charge in [-0.3, -0.25) is 27.2 Å². The number of thioether (sulfide) groups is 1. The number of ether oxygens (including phenoxy) is 1. The van der Waals surface area contributed by atoms with Crippen molar-refractivity contribution in [3.63, 3.8) is 0 Å². The number of aliphatic hydroxyl groups excluding tert-OH is 1. The van der Waals surface area contributed by atoms with E-state index in [1.807, 2.05) is 6.92 Å². The van der Waals surface area contributed by atoms with Gasteiger partial charge in [-0.25, -0.2) is 14.8 Å². The first-order valence-electron chi connectivity index (χ1n) is 13.3. The minimum Gasteiger partial charge on any atom is -0.443 e. The minimum atomic E-state index is -1.40. The van der Waals surface area contributed by atoms with Gasteiger partial charge in [-0.15, -0.1) is 16.8 Å². The van der Waals surface area contributed by atoms with E-state index in [1.165, 1.54) is 11.8 Å². The Bertz CT molecular complexity index is 1190. The van der Waals surface area contributed by atoms with E-state index in [0.29, 0.717) is 11.5 Å². The molecule has 0 aliphatic carbocycles. The molecule has 0 saturated carbocycles. The van der Waals surface area contributed by atoms with Crippen molar-refractivity contribution in [1.29, 1.82) is 0 Å². The Morgan fingerprint density at radius 1 is 1.16 bits per heavy atom. The second-order valence-corrected chi connectivity index (χ2v) is 20.3. The van der Waals surface area contributed by atoms with Crippen LogP contribution in [0.15, 0.2) is 0 Å². The fourth-order valence-corrected chi connectivity index (χ4v) is 9.51. The van der Waals surface area contributed by atoms with Crippen molar-refractivity contribution < 1.29 is 43.2 Å². The number of carbonyl (C=O) groups excluding carboxylic acids is 6. The van der Waals surface area contributed by atoms with Gasteiger partial charge in [0.2, 0.25) is 11.0 Å². The summed E-state index contributed by atoms with van der Waals surface area (Å²) >= 11 is 1.19. The standard InChI is InChI=1S/C24H42N4O9P3S3/c1-8-23(6,19(33)25-13-15(2)29)14-24(7,20(34)42(38)27-26-21(35)36-22(3,4)5)41-12-11-18(32)43(39)40-37-28-16(30)9-10-17(28)31/h15,27,29,38-39H,8-14H2,1-7H3,(H,25,33)(H,26,35)/q-1. The summed E-state index contributed by atoms with van der Waals surface area (Å²) in [4.78, 5) is 78.0. The van der Waals surface area contributed by atoms with Gasteiger partial charge < -0.3 is 29.2 Å². The molecule has 19 heteroatoms. The molecule has 1 aliphatic rings. The normalized spacial score (nSPS) is 18.7. The summed E-state index contributed by atoms with van der Waals surface area (Å²) in [5.41, 5.74) is 0.585. The maximum atomic E-state index is 13.8. The highest BCUT2D eigenvalue weighted by molar-refractivity contribution is 8.40. The average molecular weight is 720 g/mol. The largest absolute Gasteiger partial charge is 0.443 e. The predicted octanol–water partition coefficient (Wildman–Crippen LogP) is 3.38. The van der Waals surface area contributed by atoms with Crippen LogP contribution in [-0.2, 0) is 52.8 Å². The van der Waals surface area contributed by atoms with E-state index in [1.54, 1.807) is 41.5 Å². The fourth-order valence-electron chi connectivity index (χ4n) is 3.62. The molecule has 43 heavy (non-hydrogen) atoms. The van der Waals surface area contributed by atoms with Gasteiger partial charge in [0.1, 0.15) is 5.60 Å². The highest BCUT2D eigenvalue weighted by atomic mass is 32.7. The van der Waals surface area contributed by atoms with Crippen LogP contribution in [0, 0.1) is 5.41 Å². The molecule has 0 aromatic carbocycles. The van der Waals surface area contributed by atoms with Gasteiger partial charge in [-0.1, -0.05) is 29.4 Å². The number of aliphatic hydroxyl groups is 1. The van der Waals surface area contributed by atoms with Crippen LogP contribution >= 0.6 is 35.4 Å². The van der Waals surface area contributed by atoms with Crippen molar-refractivity contribution in [2.24, 2.45) is 5.41 Å². The zero-order chi connectivity index (χ0) is 33.2. The summed E-state index contributed by atoms with van der Waals surface area (Å²) in [6.07, 6.45) is -0.920. The summed E-state index contributed by atoms with van der Waals surface area (Å²) < 4.78 is 9.20. The van der Waals surface area contributed by atoms with Crippen LogP contribution in [0.3, 0.4) is 0 Å². The molecule has 0 aromatic rings. The van der Waals surface area contributed by atoms with Gasteiger partial charge in [-0.05, 0) is 69.9 Å². The SMILES string of the molecule is CCC(C)(CC(C)(SCCC(=O)[S-](=P)=PON1C(=O)CCC1=O)C(=O)S(=P)NNC(=O)OC(C)(C)C)C(=O)NCC(C)O. The van der Waals surface area contributed by atoms with E-state index < -0.39 is 59.3 Å². The van der Waals surface area contributed by atoms with Crippen LogP contribution in [-0.4, -0.2) is 73.0 Å². The third kappa shape index (κ3) is 13.5. The number of carbonyl (C=O) groups is 6. The Kier molecular flexibility index (Phi) is 16.5. The van der Waals surface area contributed by atoms with Crippen molar-refractivity contribution in [2.75, 3.05) is 12.3 Å². The molecular weight excluding hydrogens is 677 g/mol. The smallest absolute Gasteiger partial charge is 0.422 e. The van der Waals surface area contributed by atoms with Crippen molar-refractivity contribution >= 4 is 88.9 Å². The van der Waals surface area contributed by atoms with Crippen molar-refractivity contribution in [2.45, 2.75) is 97.0 Å². The molecule has 1 saturated heterocycles. The lowest BCUT2D eigenvalue weighted by Crippen LogP contribution is -2.50. The zero-order valence-electron chi connectivity index (χ0n) is 25.4. The van der Waals surface area contributed by atoms with Crippen LogP contribution in [0.25, 0.3) is 0 Å². The Morgan fingerprint density at radius 2 is 1.74 bits per heavy atom. The van der Waals surface area contributed by atoms with Crippen LogP contribution < -0.4 is 15.6 Å². The molecular formula is C24H42N4O9P3S3-. The second kappa shape index (κ2) is 17.7. The topological polar surface area (TPSA) is 180 Å². The van der Waals surface area contributed by atoms with Crippen molar-refractivity contribution in [3.8, 4) is 0 Å². The number of imide groups is 1. The highest BCUT2D eigenvalue weighted by Crippen LogP contribution is 2.41. The first-order valence-corrected chi connectivity index (χ1v) is 20.6. The van der Waals surface area contributed by atoms with E-state index >= 15 is 0 Å². The first-order chi connectivity index (χ1) is 19.7. The Balaban J connectivity index is 3.08. The van der Waals surface area contributed by atoms with Crippen molar-refractivity contribution in [3.05, 3.63) is 0 Å². The van der Waals surface area contributed by atoms with Crippen LogP contribution in [0.2, 0.25) is 0 Å². The molecule has 0 radical (unpaired) electrons. The second-order valence-electron chi connectivity index (χ2n) is 11.2. The van der Waals surface area contributed by atoms with Gasteiger partial charge in [0.25, 0.3) is 11.8 Å². The number of amides is 4. The van der Waals surface area contributed by atoms with E-state index in [-0.39, 0.29) is 61.7 Å². The fraction of sp³-hybridized carbons (Fsp3) is 0.750. The van der Waals surface area contributed by atoms with Crippen LogP contribution in [0.5, 0.6) is 0 Å². The maximum Gasteiger partial charge on any atom is 0.422 e. The summed E-state index contributed by atoms with van der Waals surface area (Å²) in [6, 6.07) is 0. The van der Waals surface area contributed by atoms with E-state index in [0.717, 1.165) is 0 Å². The van der Waals surface area contributed by atoms with Gasteiger partial charge in [-0.2, -0.15) is 4.83 Å². The van der Waals surface area contributed by atoms with E-state index in [9.17, 15) is 33.9 Å². The molecule has 0 bridgehead atoms. The molecule has 1 heterocycles. The zero-order valence-corrected chi connectivity index (χ0v) is 30.7. The molecule has 4 amide bonds. The lowest BCUT2D eigenvalue weighted by molar-refractivity contribution is -0.162. The highest BCUT2D eigenvalue weighted by Gasteiger charge is 2.45. The Morgan fingerprint density at radius 3 is 2.26 bits per heavy atom. The lowest BCUT2D eigenvalue weighted by Gasteiger charge is -2.37. The summed E-state index contributed by atoms with van der Waals surface area (Å²) in [5, 5.41) is 12.4. The summed E-state index contributed by atoms with van der Waals surface area (Å²) in [6.45, 7) is 11.9. The van der Waals surface area contributed by atoms with Crippen molar-refractivity contribution in [1.82, 2.24) is 20.6 Å². The third-order valence-electron chi connectivity index (χ3n) is 6.02. The Hall–Kier alpha value is -0.950. The number of hydrazine groups is 1. The molecule has 0 spiro atoms. The predicted molar refractivity (Wildman–Crippen MR) is 176 cm³/mol. The summed E-state index contributed by atoms with van der Waals surface area (Å²) in [5.74, 6) is -1.06. The van der Waals surface area contributed by atoms with E-state index in [4.69, 9.17) is 9.36 Å². The molecule has 4 unspecified atom stereocenters. The lowest BCUT2D eigenvalue weighted by atomic mass is 9.78. The average Bonchev–Trinajstić information content (AvgIpc) is 3.23. The first kappa shape index (κ1) is 40.1. The monoisotopic (exact) mass is 719 g/mol. The molecule has 1 rings (SSSR count). The van der Waals surface area contributed by atoms with Gasteiger partial charge in [0.15, 0.2) is 0 Å². The number of nitrogens with zero attached hydrogens (tertiary/aromatic N) is 1. The number of rotatable bonds is 15.